The number of carbonyl (C=O) groups is 2. The molecule has 0 spiro atoms. The highest BCUT2D eigenvalue weighted by atomic mass is 16.2. The van der Waals surface area contributed by atoms with Crippen LogP contribution in [0.1, 0.15) is 42.4 Å². The van der Waals surface area contributed by atoms with Crippen molar-refractivity contribution in [1.29, 1.82) is 0 Å². The lowest BCUT2D eigenvalue weighted by Gasteiger charge is -2.34. The number of para-hydroxylation sites is 1. The topological polar surface area (TPSA) is 99.5 Å². The Morgan fingerprint density at radius 3 is 2.51 bits per heavy atom. The molecule has 0 unspecified atom stereocenters. The zero-order valence-corrected chi connectivity index (χ0v) is 20.3. The van der Waals surface area contributed by atoms with E-state index >= 15 is 0 Å². The smallest absolute Gasteiger partial charge is 0.273 e. The molecular formula is C25H30N8O2. The number of hydrogen-bond donors (Lipinski definition) is 1. The summed E-state index contributed by atoms with van der Waals surface area (Å²) in [6, 6.07) is 10.0. The summed E-state index contributed by atoms with van der Waals surface area (Å²) in [6.45, 7) is 9.08. The van der Waals surface area contributed by atoms with Crippen molar-refractivity contribution in [1.82, 2.24) is 29.5 Å². The number of piperazine rings is 1. The van der Waals surface area contributed by atoms with Crippen molar-refractivity contribution in [2.45, 2.75) is 39.9 Å². The van der Waals surface area contributed by atoms with Gasteiger partial charge in [-0.05, 0) is 26.0 Å². The van der Waals surface area contributed by atoms with Crippen LogP contribution in [0.5, 0.6) is 0 Å². The van der Waals surface area contributed by atoms with Crippen LogP contribution < -0.4 is 10.2 Å². The number of amides is 2. The molecule has 1 saturated heterocycles. The predicted molar refractivity (Wildman–Crippen MR) is 132 cm³/mol. The van der Waals surface area contributed by atoms with Gasteiger partial charge in [0.25, 0.3) is 5.91 Å². The predicted octanol–water partition coefficient (Wildman–Crippen LogP) is 2.31. The first kappa shape index (κ1) is 22.8. The van der Waals surface area contributed by atoms with Gasteiger partial charge in [-0.25, -0.2) is 9.67 Å². The summed E-state index contributed by atoms with van der Waals surface area (Å²) < 4.78 is 1.84. The van der Waals surface area contributed by atoms with Crippen LogP contribution >= 0.6 is 0 Å². The average Bonchev–Trinajstić information content (AvgIpc) is 3.48. The normalized spacial score (nSPS) is 15.7. The van der Waals surface area contributed by atoms with E-state index in [1.807, 2.05) is 76.0 Å². The molecule has 35 heavy (non-hydrogen) atoms. The second-order valence-electron chi connectivity index (χ2n) is 9.20. The molecule has 2 aliphatic rings. The Bertz CT molecular complexity index is 1230. The van der Waals surface area contributed by atoms with Gasteiger partial charge in [0.2, 0.25) is 11.9 Å². The molecule has 2 amide bonds. The molecule has 0 aliphatic carbocycles. The van der Waals surface area contributed by atoms with Gasteiger partial charge in [0.1, 0.15) is 11.5 Å². The van der Waals surface area contributed by atoms with Gasteiger partial charge in [0.15, 0.2) is 0 Å². The third-order valence-electron chi connectivity index (χ3n) is 6.54. The van der Waals surface area contributed by atoms with Crippen LogP contribution in [0.3, 0.4) is 0 Å². The molecule has 10 nitrogen and oxygen atoms in total. The largest absolute Gasteiger partial charge is 0.365 e. The number of nitrogens with one attached hydrogen (secondary N) is 1. The number of anilines is 2. The van der Waals surface area contributed by atoms with E-state index < -0.39 is 0 Å². The lowest BCUT2D eigenvalue weighted by molar-refractivity contribution is -0.129. The van der Waals surface area contributed by atoms with Crippen molar-refractivity contribution in [3.8, 4) is 5.69 Å². The number of fused-ring (bicyclic) bond motifs is 1. The molecular weight excluding hydrogens is 444 g/mol. The Labute approximate surface area is 204 Å². The van der Waals surface area contributed by atoms with Gasteiger partial charge in [-0.15, -0.1) is 0 Å². The van der Waals surface area contributed by atoms with Gasteiger partial charge in [-0.1, -0.05) is 18.2 Å². The maximum atomic E-state index is 13.1. The molecule has 4 heterocycles. The molecule has 0 saturated carbocycles. The van der Waals surface area contributed by atoms with Gasteiger partial charge >= 0.3 is 0 Å². The van der Waals surface area contributed by atoms with E-state index in [9.17, 15) is 9.59 Å². The van der Waals surface area contributed by atoms with E-state index in [-0.39, 0.29) is 17.9 Å². The van der Waals surface area contributed by atoms with Crippen molar-refractivity contribution >= 4 is 23.6 Å². The molecule has 1 fully saturated rings. The monoisotopic (exact) mass is 474 g/mol. The first-order valence-electron chi connectivity index (χ1n) is 12.0. The van der Waals surface area contributed by atoms with Gasteiger partial charge in [-0.3, -0.25) is 9.59 Å². The average molecular weight is 475 g/mol. The number of benzene rings is 1. The van der Waals surface area contributed by atoms with Gasteiger partial charge in [-0.2, -0.15) is 10.1 Å². The first-order chi connectivity index (χ1) is 16.9. The molecule has 3 aromatic rings. The van der Waals surface area contributed by atoms with E-state index in [0.29, 0.717) is 56.7 Å². The van der Waals surface area contributed by atoms with Crippen molar-refractivity contribution in [2.75, 3.05) is 36.4 Å². The summed E-state index contributed by atoms with van der Waals surface area (Å²) in [7, 11) is 0. The van der Waals surface area contributed by atoms with E-state index in [2.05, 4.69) is 15.4 Å². The molecule has 2 aromatic heterocycles. The van der Waals surface area contributed by atoms with Crippen molar-refractivity contribution in [2.24, 2.45) is 0 Å². The van der Waals surface area contributed by atoms with Gasteiger partial charge in [0, 0.05) is 63.0 Å². The molecule has 0 radical (unpaired) electrons. The van der Waals surface area contributed by atoms with Gasteiger partial charge in [0.05, 0.1) is 18.4 Å². The first-order valence-corrected chi connectivity index (χ1v) is 12.0. The maximum Gasteiger partial charge on any atom is 0.273 e. The Kier molecular flexibility index (Phi) is 6.10. The summed E-state index contributed by atoms with van der Waals surface area (Å²) in [6.07, 6.45) is 3.81. The van der Waals surface area contributed by atoms with Crippen LogP contribution in [-0.2, 0) is 17.9 Å². The van der Waals surface area contributed by atoms with Crippen LogP contribution in [-0.4, -0.2) is 73.6 Å². The maximum absolute atomic E-state index is 13.1. The lowest BCUT2D eigenvalue weighted by atomic mass is 10.2. The highest BCUT2D eigenvalue weighted by Gasteiger charge is 2.35. The Morgan fingerprint density at radius 2 is 1.83 bits per heavy atom. The van der Waals surface area contributed by atoms with E-state index in [0.717, 1.165) is 16.8 Å². The Hall–Kier alpha value is -3.95. The van der Waals surface area contributed by atoms with Crippen LogP contribution in [0, 0.1) is 0 Å². The molecule has 2 aliphatic heterocycles. The SMILES string of the molecule is CC(=O)N1CCN(c2nc(NCc3cnn(-c4ccccc4)c3)c3c(n2)C(=O)N(C(C)C)C3)CC1. The van der Waals surface area contributed by atoms with Crippen molar-refractivity contribution in [3.63, 3.8) is 0 Å². The Morgan fingerprint density at radius 1 is 1.09 bits per heavy atom. The molecule has 1 N–H and O–H groups in total. The number of carbonyl (C=O) groups excluding carboxylic acids is 2. The van der Waals surface area contributed by atoms with Crippen molar-refractivity contribution < 1.29 is 9.59 Å². The van der Waals surface area contributed by atoms with E-state index in [1.165, 1.54) is 0 Å². The molecule has 1 aromatic carbocycles. The van der Waals surface area contributed by atoms with Crippen LogP contribution in [0.25, 0.3) is 5.69 Å². The van der Waals surface area contributed by atoms with Crippen LogP contribution in [0.2, 0.25) is 0 Å². The zero-order chi connectivity index (χ0) is 24.5. The number of nitrogens with zero attached hydrogens (tertiary/aromatic N) is 7. The third-order valence-corrected chi connectivity index (χ3v) is 6.54. The minimum Gasteiger partial charge on any atom is -0.365 e. The highest BCUT2D eigenvalue weighted by molar-refractivity contribution is 5.98. The molecule has 0 bridgehead atoms. The van der Waals surface area contributed by atoms with Crippen molar-refractivity contribution in [3.05, 3.63) is 59.5 Å². The minimum absolute atomic E-state index is 0.0659. The number of rotatable bonds is 6. The summed E-state index contributed by atoms with van der Waals surface area (Å²) in [5.41, 5.74) is 3.28. The van der Waals surface area contributed by atoms with Crippen LogP contribution in [0.15, 0.2) is 42.7 Å². The molecule has 0 atom stereocenters. The summed E-state index contributed by atoms with van der Waals surface area (Å²) >= 11 is 0. The minimum atomic E-state index is -0.0685. The van der Waals surface area contributed by atoms with E-state index in [1.54, 1.807) is 6.92 Å². The quantitative estimate of drug-likeness (QED) is 0.585. The molecule has 5 rings (SSSR count). The fourth-order valence-corrected chi connectivity index (χ4v) is 4.46. The number of aromatic nitrogens is 4. The standard InChI is InChI=1S/C25H30N8O2/c1-17(2)32-16-21-22(24(32)35)28-25(31-11-9-30(10-12-31)18(3)34)29-23(21)26-13-19-14-27-33(15-19)20-7-5-4-6-8-20/h4-8,14-15,17H,9-13,16H2,1-3H3,(H,26,28,29). The summed E-state index contributed by atoms with van der Waals surface area (Å²) in [5.74, 6) is 1.19. The van der Waals surface area contributed by atoms with E-state index in [4.69, 9.17) is 4.98 Å². The van der Waals surface area contributed by atoms with Crippen LogP contribution in [0.4, 0.5) is 11.8 Å². The Balaban J connectivity index is 1.40. The lowest BCUT2D eigenvalue weighted by Crippen LogP contribution is -2.48. The highest BCUT2D eigenvalue weighted by Crippen LogP contribution is 2.31. The third kappa shape index (κ3) is 4.55. The fraction of sp³-hybridized carbons (Fsp3) is 0.400. The fourth-order valence-electron chi connectivity index (χ4n) is 4.46. The summed E-state index contributed by atoms with van der Waals surface area (Å²) in [4.78, 5) is 40.0. The van der Waals surface area contributed by atoms with Gasteiger partial charge < -0.3 is 20.0 Å². The molecule has 10 heteroatoms. The second kappa shape index (κ2) is 9.36. The molecule has 182 valence electrons. The zero-order valence-electron chi connectivity index (χ0n) is 20.3. The number of hydrogen-bond acceptors (Lipinski definition) is 7. The second-order valence-corrected chi connectivity index (χ2v) is 9.20. The summed E-state index contributed by atoms with van der Waals surface area (Å²) in [5, 5.41) is 7.91.